The first-order valence-corrected chi connectivity index (χ1v) is 7.16. The van der Waals surface area contributed by atoms with Crippen LogP contribution in [0.1, 0.15) is 43.9 Å². The van der Waals surface area contributed by atoms with Gasteiger partial charge in [0.05, 0.1) is 6.04 Å². The third-order valence-corrected chi connectivity index (χ3v) is 3.63. The molecule has 0 aromatic heterocycles. The number of nitrogens with one attached hydrogen (secondary N) is 1. The van der Waals surface area contributed by atoms with E-state index >= 15 is 0 Å². The first-order valence-electron chi connectivity index (χ1n) is 7.16. The SMILES string of the molecule is Cc1ccc(C(C)N(C)C(=O)NC(C)CCCO)cc1. The van der Waals surface area contributed by atoms with Crippen LogP contribution in [0.5, 0.6) is 0 Å². The van der Waals surface area contributed by atoms with E-state index in [1.807, 2.05) is 20.8 Å². The van der Waals surface area contributed by atoms with E-state index in [2.05, 4.69) is 29.6 Å². The first kappa shape index (κ1) is 16.5. The molecule has 0 fully saturated rings. The van der Waals surface area contributed by atoms with Crippen molar-refractivity contribution in [1.82, 2.24) is 10.2 Å². The molecule has 4 heteroatoms. The van der Waals surface area contributed by atoms with Gasteiger partial charge in [-0.15, -0.1) is 0 Å². The van der Waals surface area contributed by atoms with E-state index < -0.39 is 0 Å². The van der Waals surface area contributed by atoms with Gasteiger partial charge in [0, 0.05) is 19.7 Å². The summed E-state index contributed by atoms with van der Waals surface area (Å²) in [6, 6.07) is 8.24. The van der Waals surface area contributed by atoms with Crippen molar-refractivity contribution in [2.24, 2.45) is 0 Å². The number of carbonyl (C=O) groups excluding carboxylic acids is 1. The van der Waals surface area contributed by atoms with Gasteiger partial charge in [-0.3, -0.25) is 0 Å². The Morgan fingerprint density at radius 3 is 2.45 bits per heavy atom. The van der Waals surface area contributed by atoms with Gasteiger partial charge in [0.25, 0.3) is 0 Å². The highest BCUT2D eigenvalue weighted by Crippen LogP contribution is 2.19. The van der Waals surface area contributed by atoms with Crippen molar-refractivity contribution in [2.45, 2.75) is 45.7 Å². The minimum atomic E-state index is -0.0801. The highest BCUT2D eigenvalue weighted by atomic mass is 16.3. The number of aliphatic hydroxyl groups is 1. The zero-order valence-electron chi connectivity index (χ0n) is 12.9. The molecule has 0 saturated heterocycles. The molecule has 2 N–H and O–H groups in total. The Labute approximate surface area is 121 Å². The maximum Gasteiger partial charge on any atom is 0.317 e. The van der Waals surface area contributed by atoms with Gasteiger partial charge in [0.1, 0.15) is 0 Å². The van der Waals surface area contributed by atoms with Crippen molar-refractivity contribution < 1.29 is 9.90 Å². The summed E-state index contributed by atoms with van der Waals surface area (Å²) in [5.41, 5.74) is 2.34. The molecule has 0 aliphatic heterocycles. The standard InChI is InChI=1S/C16H26N2O2/c1-12-7-9-15(10-8-12)14(3)18(4)16(20)17-13(2)6-5-11-19/h7-10,13-14,19H,5-6,11H2,1-4H3,(H,17,20). The fraction of sp³-hybridized carbons (Fsp3) is 0.562. The van der Waals surface area contributed by atoms with E-state index in [4.69, 9.17) is 5.11 Å². The number of carbonyl (C=O) groups is 1. The minimum Gasteiger partial charge on any atom is -0.396 e. The van der Waals surface area contributed by atoms with Crippen LogP contribution in [0.4, 0.5) is 4.79 Å². The van der Waals surface area contributed by atoms with E-state index in [1.54, 1.807) is 11.9 Å². The van der Waals surface area contributed by atoms with Crippen LogP contribution in [0, 0.1) is 6.92 Å². The molecule has 4 nitrogen and oxygen atoms in total. The monoisotopic (exact) mass is 278 g/mol. The summed E-state index contributed by atoms with van der Waals surface area (Å²) in [4.78, 5) is 13.9. The van der Waals surface area contributed by atoms with E-state index in [-0.39, 0.29) is 24.7 Å². The number of rotatable bonds is 6. The Balaban J connectivity index is 2.57. The van der Waals surface area contributed by atoms with Gasteiger partial charge in [0.15, 0.2) is 0 Å². The molecule has 2 amide bonds. The van der Waals surface area contributed by atoms with Crippen LogP contribution in [0.15, 0.2) is 24.3 Å². The number of hydrogen-bond acceptors (Lipinski definition) is 2. The molecule has 1 aromatic rings. The lowest BCUT2D eigenvalue weighted by Gasteiger charge is -2.27. The lowest BCUT2D eigenvalue weighted by molar-refractivity contribution is 0.189. The van der Waals surface area contributed by atoms with Crippen molar-refractivity contribution >= 4 is 6.03 Å². The molecule has 2 atom stereocenters. The Morgan fingerprint density at radius 2 is 1.90 bits per heavy atom. The summed E-state index contributed by atoms with van der Waals surface area (Å²) in [7, 11) is 1.80. The number of aryl methyl sites for hydroxylation is 1. The maximum absolute atomic E-state index is 12.2. The predicted octanol–water partition coefficient (Wildman–Crippen LogP) is 2.86. The molecule has 0 radical (unpaired) electrons. The van der Waals surface area contributed by atoms with Crippen LogP contribution in [0.3, 0.4) is 0 Å². The average Bonchev–Trinajstić information content (AvgIpc) is 2.44. The number of urea groups is 1. The zero-order chi connectivity index (χ0) is 15.1. The molecular formula is C16H26N2O2. The Kier molecular flexibility index (Phi) is 6.52. The largest absolute Gasteiger partial charge is 0.396 e. The summed E-state index contributed by atoms with van der Waals surface area (Å²) >= 11 is 0. The third-order valence-electron chi connectivity index (χ3n) is 3.63. The van der Waals surface area contributed by atoms with Crippen molar-refractivity contribution in [2.75, 3.05) is 13.7 Å². The van der Waals surface area contributed by atoms with Gasteiger partial charge >= 0.3 is 6.03 Å². The van der Waals surface area contributed by atoms with Gasteiger partial charge < -0.3 is 15.3 Å². The van der Waals surface area contributed by atoms with Crippen LogP contribution >= 0.6 is 0 Å². The Morgan fingerprint density at radius 1 is 1.30 bits per heavy atom. The van der Waals surface area contributed by atoms with Gasteiger partial charge in [-0.2, -0.15) is 0 Å². The number of aliphatic hydroxyl groups excluding tert-OH is 1. The lowest BCUT2D eigenvalue weighted by Crippen LogP contribution is -2.43. The van der Waals surface area contributed by atoms with Crippen LogP contribution < -0.4 is 5.32 Å². The zero-order valence-corrected chi connectivity index (χ0v) is 12.9. The van der Waals surface area contributed by atoms with Gasteiger partial charge in [-0.05, 0) is 39.2 Å². The molecule has 0 aliphatic carbocycles. The third kappa shape index (κ3) is 4.85. The van der Waals surface area contributed by atoms with Crippen molar-refractivity contribution in [3.63, 3.8) is 0 Å². The van der Waals surface area contributed by atoms with E-state index in [0.717, 1.165) is 12.0 Å². The molecule has 0 spiro atoms. The fourth-order valence-corrected chi connectivity index (χ4v) is 2.03. The normalized spacial score (nSPS) is 13.7. The molecule has 0 aliphatic rings. The van der Waals surface area contributed by atoms with Crippen LogP contribution in [-0.4, -0.2) is 35.7 Å². The van der Waals surface area contributed by atoms with Crippen LogP contribution in [0.2, 0.25) is 0 Å². The highest BCUT2D eigenvalue weighted by molar-refractivity contribution is 5.74. The lowest BCUT2D eigenvalue weighted by atomic mass is 10.1. The molecular weight excluding hydrogens is 252 g/mol. The molecule has 0 saturated carbocycles. The molecule has 1 aromatic carbocycles. The molecule has 1 rings (SSSR count). The second-order valence-electron chi connectivity index (χ2n) is 5.41. The smallest absolute Gasteiger partial charge is 0.317 e. The molecule has 2 unspecified atom stereocenters. The number of benzene rings is 1. The van der Waals surface area contributed by atoms with E-state index in [0.29, 0.717) is 6.42 Å². The first-order chi connectivity index (χ1) is 9.45. The summed E-state index contributed by atoms with van der Waals surface area (Å²) in [6.07, 6.45) is 1.49. The minimum absolute atomic E-state index is 0.0284. The van der Waals surface area contributed by atoms with Crippen molar-refractivity contribution in [1.29, 1.82) is 0 Å². The quantitative estimate of drug-likeness (QED) is 0.840. The number of hydrogen-bond donors (Lipinski definition) is 2. The van der Waals surface area contributed by atoms with Crippen LogP contribution in [-0.2, 0) is 0 Å². The Bertz CT molecular complexity index is 417. The van der Waals surface area contributed by atoms with E-state index in [1.165, 1.54) is 5.56 Å². The van der Waals surface area contributed by atoms with Crippen molar-refractivity contribution in [3.8, 4) is 0 Å². The molecule has 0 heterocycles. The average molecular weight is 278 g/mol. The molecule has 112 valence electrons. The summed E-state index contributed by atoms with van der Waals surface area (Å²) in [5, 5.41) is 11.7. The summed E-state index contributed by atoms with van der Waals surface area (Å²) in [5.74, 6) is 0. The van der Waals surface area contributed by atoms with Crippen LogP contribution in [0.25, 0.3) is 0 Å². The summed E-state index contributed by atoms with van der Waals surface area (Å²) < 4.78 is 0. The maximum atomic E-state index is 12.2. The van der Waals surface area contributed by atoms with Gasteiger partial charge in [-0.1, -0.05) is 29.8 Å². The topological polar surface area (TPSA) is 52.6 Å². The second-order valence-corrected chi connectivity index (χ2v) is 5.41. The highest BCUT2D eigenvalue weighted by Gasteiger charge is 2.18. The number of amides is 2. The molecule has 20 heavy (non-hydrogen) atoms. The fourth-order valence-electron chi connectivity index (χ4n) is 2.03. The molecule has 0 bridgehead atoms. The Hall–Kier alpha value is -1.55. The number of nitrogens with zero attached hydrogens (tertiary/aromatic N) is 1. The second kappa shape index (κ2) is 7.90. The predicted molar refractivity (Wildman–Crippen MR) is 81.7 cm³/mol. The van der Waals surface area contributed by atoms with E-state index in [9.17, 15) is 4.79 Å². The summed E-state index contributed by atoms with van der Waals surface area (Å²) in [6.45, 7) is 6.18. The van der Waals surface area contributed by atoms with Gasteiger partial charge in [0.2, 0.25) is 0 Å². The van der Waals surface area contributed by atoms with Gasteiger partial charge in [-0.25, -0.2) is 4.79 Å². The van der Waals surface area contributed by atoms with Crippen molar-refractivity contribution in [3.05, 3.63) is 35.4 Å².